The first-order valence-electron chi connectivity index (χ1n) is 8.50. The Labute approximate surface area is 143 Å². The van der Waals surface area contributed by atoms with Crippen molar-refractivity contribution >= 4 is 6.09 Å². The fraction of sp³-hybridized carbons (Fsp3) is 0.350. The van der Waals surface area contributed by atoms with Crippen LogP contribution in [0.25, 0.3) is 0 Å². The van der Waals surface area contributed by atoms with Crippen LogP contribution in [0.15, 0.2) is 60.7 Å². The molecule has 1 heterocycles. The van der Waals surface area contributed by atoms with Crippen molar-refractivity contribution in [2.24, 2.45) is 11.7 Å². The van der Waals surface area contributed by atoms with Gasteiger partial charge in [-0.3, -0.25) is 0 Å². The molecule has 1 saturated heterocycles. The first kappa shape index (κ1) is 16.5. The molecule has 0 radical (unpaired) electrons. The number of hydrogen-bond donors (Lipinski definition) is 1. The van der Waals surface area contributed by atoms with Crippen LogP contribution in [0.2, 0.25) is 0 Å². The summed E-state index contributed by atoms with van der Waals surface area (Å²) in [7, 11) is 0. The topological polar surface area (TPSA) is 55.6 Å². The second kappa shape index (κ2) is 7.97. The van der Waals surface area contributed by atoms with Crippen molar-refractivity contribution in [2.45, 2.75) is 25.5 Å². The minimum Gasteiger partial charge on any atom is -0.445 e. The summed E-state index contributed by atoms with van der Waals surface area (Å²) in [6.07, 6.45) is 1.60. The van der Waals surface area contributed by atoms with Crippen molar-refractivity contribution < 1.29 is 9.53 Å². The number of piperidine rings is 1. The number of likely N-dealkylation sites (tertiary alicyclic amines) is 1. The molecule has 1 aliphatic rings. The standard InChI is InChI=1S/C20H24N2O2/c21-19(17-9-5-2-6-10-17)18-11-13-22(14-12-18)20(23)24-15-16-7-3-1-4-8-16/h1-10,18-19H,11-15,21H2. The number of ether oxygens (including phenoxy) is 1. The number of nitrogens with zero attached hydrogens (tertiary/aromatic N) is 1. The number of carbonyl (C=O) groups excluding carboxylic acids is 1. The van der Waals surface area contributed by atoms with Crippen molar-refractivity contribution in [1.82, 2.24) is 4.90 Å². The summed E-state index contributed by atoms with van der Waals surface area (Å²) < 4.78 is 5.40. The van der Waals surface area contributed by atoms with Gasteiger partial charge >= 0.3 is 6.09 Å². The number of hydrogen-bond acceptors (Lipinski definition) is 3. The van der Waals surface area contributed by atoms with Crippen LogP contribution in [0.4, 0.5) is 4.79 Å². The van der Waals surface area contributed by atoms with Crippen molar-refractivity contribution in [1.29, 1.82) is 0 Å². The first-order chi connectivity index (χ1) is 11.7. The van der Waals surface area contributed by atoms with E-state index in [1.165, 1.54) is 5.56 Å². The molecule has 4 heteroatoms. The number of benzene rings is 2. The zero-order valence-corrected chi connectivity index (χ0v) is 13.8. The maximum absolute atomic E-state index is 12.2. The molecular formula is C20H24N2O2. The summed E-state index contributed by atoms with van der Waals surface area (Å²) in [6, 6.07) is 20.0. The summed E-state index contributed by atoms with van der Waals surface area (Å²) in [6.45, 7) is 1.74. The Balaban J connectivity index is 1.47. The highest BCUT2D eigenvalue weighted by atomic mass is 16.6. The summed E-state index contributed by atoms with van der Waals surface area (Å²) in [4.78, 5) is 14.0. The lowest BCUT2D eigenvalue weighted by atomic mass is 9.86. The van der Waals surface area contributed by atoms with Crippen molar-refractivity contribution in [3.05, 3.63) is 71.8 Å². The van der Waals surface area contributed by atoms with Gasteiger partial charge in [-0.05, 0) is 29.9 Å². The second-order valence-corrected chi connectivity index (χ2v) is 6.30. The Hall–Kier alpha value is -2.33. The molecule has 1 aliphatic heterocycles. The Morgan fingerprint density at radius 3 is 2.25 bits per heavy atom. The maximum Gasteiger partial charge on any atom is 0.410 e. The van der Waals surface area contributed by atoms with E-state index in [-0.39, 0.29) is 12.1 Å². The summed E-state index contributed by atoms with van der Waals surface area (Å²) in [5, 5.41) is 0. The van der Waals surface area contributed by atoms with Crippen LogP contribution >= 0.6 is 0 Å². The Kier molecular flexibility index (Phi) is 5.49. The van der Waals surface area contributed by atoms with Crippen LogP contribution in [-0.2, 0) is 11.3 Å². The summed E-state index contributed by atoms with van der Waals surface area (Å²) in [5.41, 5.74) is 8.57. The van der Waals surface area contributed by atoms with Gasteiger partial charge in [-0.1, -0.05) is 60.7 Å². The van der Waals surface area contributed by atoms with E-state index >= 15 is 0 Å². The molecule has 1 amide bonds. The van der Waals surface area contributed by atoms with E-state index in [0.717, 1.165) is 18.4 Å². The molecule has 2 aromatic carbocycles. The quantitative estimate of drug-likeness (QED) is 0.932. The van der Waals surface area contributed by atoms with Crippen LogP contribution < -0.4 is 5.73 Å². The van der Waals surface area contributed by atoms with E-state index in [2.05, 4.69) is 12.1 Å². The third-order valence-corrected chi connectivity index (χ3v) is 4.70. The van der Waals surface area contributed by atoms with Crippen molar-refractivity contribution in [2.75, 3.05) is 13.1 Å². The van der Waals surface area contributed by atoms with E-state index in [1.54, 1.807) is 4.90 Å². The molecule has 0 aromatic heterocycles. The normalized spacial score (nSPS) is 16.6. The third-order valence-electron chi connectivity index (χ3n) is 4.70. The van der Waals surface area contributed by atoms with E-state index in [4.69, 9.17) is 10.5 Å². The fourth-order valence-corrected chi connectivity index (χ4v) is 3.20. The van der Waals surface area contributed by atoms with E-state index in [9.17, 15) is 4.79 Å². The first-order valence-corrected chi connectivity index (χ1v) is 8.50. The average molecular weight is 324 g/mol. The van der Waals surface area contributed by atoms with Gasteiger partial charge in [0.1, 0.15) is 6.61 Å². The zero-order valence-electron chi connectivity index (χ0n) is 13.8. The minimum absolute atomic E-state index is 0.0358. The number of nitrogens with two attached hydrogens (primary N) is 1. The molecule has 0 bridgehead atoms. The highest BCUT2D eigenvalue weighted by molar-refractivity contribution is 5.67. The highest BCUT2D eigenvalue weighted by Crippen LogP contribution is 2.29. The largest absolute Gasteiger partial charge is 0.445 e. The van der Waals surface area contributed by atoms with Crippen molar-refractivity contribution in [3.8, 4) is 0 Å². The van der Waals surface area contributed by atoms with Crippen LogP contribution in [0, 0.1) is 5.92 Å². The minimum atomic E-state index is -0.231. The van der Waals surface area contributed by atoms with Gasteiger partial charge in [0, 0.05) is 19.1 Å². The summed E-state index contributed by atoms with van der Waals surface area (Å²) >= 11 is 0. The van der Waals surface area contributed by atoms with Crippen molar-refractivity contribution in [3.63, 3.8) is 0 Å². The lowest BCUT2D eigenvalue weighted by Gasteiger charge is -2.34. The third kappa shape index (κ3) is 4.15. The number of rotatable bonds is 4. The molecule has 0 spiro atoms. The van der Waals surface area contributed by atoms with Gasteiger partial charge in [0.05, 0.1) is 0 Å². The van der Waals surface area contributed by atoms with E-state index in [1.807, 2.05) is 48.5 Å². The molecule has 4 nitrogen and oxygen atoms in total. The highest BCUT2D eigenvalue weighted by Gasteiger charge is 2.28. The van der Waals surface area contributed by atoms with E-state index < -0.39 is 0 Å². The molecule has 126 valence electrons. The molecule has 1 unspecified atom stereocenters. The summed E-state index contributed by atoms with van der Waals surface area (Å²) in [5.74, 6) is 0.408. The molecule has 24 heavy (non-hydrogen) atoms. The molecule has 1 atom stereocenters. The second-order valence-electron chi connectivity index (χ2n) is 6.30. The maximum atomic E-state index is 12.2. The van der Waals surface area contributed by atoms with Crippen LogP contribution in [0.5, 0.6) is 0 Å². The molecule has 0 saturated carbocycles. The zero-order chi connectivity index (χ0) is 16.8. The fourth-order valence-electron chi connectivity index (χ4n) is 3.20. The van der Waals surface area contributed by atoms with Crippen LogP contribution in [0.3, 0.4) is 0 Å². The lowest BCUT2D eigenvalue weighted by molar-refractivity contribution is 0.0798. The Morgan fingerprint density at radius 2 is 1.62 bits per heavy atom. The SMILES string of the molecule is NC(c1ccccc1)C1CCN(C(=O)OCc2ccccc2)CC1. The Morgan fingerprint density at radius 1 is 1.04 bits per heavy atom. The van der Waals surface area contributed by atoms with Gasteiger partial charge in [-0.2, -0.15) is 0 Å². The van der Waals surface area contributed by atoms with Gasteiger partial charge in [-0.15, -0.1) is 0 Å². The van der Waals surface area contributed by atoms with Gasteiger partial charge in [0.15, 0.2) is 0 Å². The predicted molar refractivity (Wildman–Crippen MR) is 94.3 cm³/mol. The van der Waals surface area contributed by atoms with Gasteiger partial charge < -0.3 is 15.4 Å². The van der Waals surface area contributed by atoms with Gasteiger partial charge in [-0.25, -0.2) is 4.79 Å². The van der Waals surface area contributed by atoms with Gasteiger partial charge in [0.2, 0.25) is 0 Å². The molecule has 0 aliphatic carbocycles. The van der Waals surface area contributed by atoms with Crippen LogP contribution in [-0.4, -0.2) is 24.1 Å². The average Bonchev–Trinajstić information content (AvgIpc) is 2.67. The van der Waals surface area contributed by atoms with Crippen LogP contribution in [0.1, 0.15) is 30.0 Å². The molecule has 2 aromatic rings. The smallest absolute Gasteiger partial charge is 0.410 e. The molecule has 3 rings (SSSR count). The number of amides is 1. The molecule has 1 fully saturated rings. The number of carbonyl (C=O) groups is 1. The molecular weight excluding hydrogens is 300 g/mol. The lowest BCUT2D eigenvalue weighted by Crippen LogP contribution is -2.41. The predicted octanol–water partition coefficient (Wildman–Crippen LogP) is 3.74. The van der Waals surface area contributed by atoms with Gasteiger partial charge in [0.25, 0.3) is 0 Å². The van der Waals surface area contributed by atoms with E-state index in [0.29, 0.717) is 25.6 Å². The monoisotopic (exact) mass is 324 g/mol. The Bertz CT molecular complexity index is 637. The molecule has 2 N–H and O–H groups in total.